The Hall–Kier alpha value is -1.49. The molecular weight excluding hydrogens is 242 g/mol. The van der Waals surface area contributed by atoms with Crippen molar-refractivity contribution in [1.82, 2.24) is 0 Å². The van der Waals surface area contributed by atoms with Crippen LogP contribution in [0.1, 0.15) is 32.3 Å². The zero-order chi connectivity index (χ0) is 13.9. The molecule has 0 fully saturated rings. The maximum Gasteiger partial charge on any atom is 0.309 e. The minimum absolute atomic E-state index is 0.204. The molecule has 1 rings (SSSR count). The van der Waals surface area contributed by atoms with E-state index >= 15 is 0 Å². The van der Waals surface area contributed by atoms with Gasteiger partial charge in [0.1, 0.15) is 17.2 Å². The van der Waals surface area contributed by atoms with Crippen molar-refractivity contribution in [3.63, 3.8) is 0 Å². The first kappa shape index (κ1) is 14.6. The fourth-order valence-electron chi connectivity index (χ4n) is 2.02. The molecule has 0 aliphatic heterocycles. The van der Waals surface area contributed by atoms with Gasteiger partial charge in [-0.3, -0.25) is 4.79 Å². The number of aliphatic hydroxyl groups is 1. The number of rotatable bonds is 5. The molecule has 2 atom stereocenters. The molecule has 0 aromatic heterocycles. The Morgan fingerprint density at radius 3 is 2.50 bits per heavy atom. The second-order valence-corrected chi connectivity index (χ2v) is 4.45. The van der Waals surface area contributed by atoms with Crippen LogP contribution in [0.15, 0.2) is 18.2 Å². The molecule has 2 N–H and O–H groups in total. The van der Waals surface area contributed by atoms with E-state index in [4.69, 9.17) is 5.11 Å². The number of aliphatic carboxylic acids is 1. The second kappa shape index (κ2) is 5.44. The summed E-state index contributed by atoms with van der Waals surface area (Å²) in [6.07, 6.45) is 0.745. The zero-order valence-corrected chi connectivity index (χ0v) is 10.3. The molecular formula is C13H16F2O3. The third-order valence-electron chi connectivity index (χ3n) is 3.03. The van der Waals surface area contributed by atoms with Crippen LogP contribution in [0.3, 0.4) is 0 Å². The first-order valence-corrected chi connectivity index (χ1v) is 5.71. The molecule has 0 heterocycles. The number of carbonyl (C=O) groups is 1. The van der Waals surface area contributed by atoms with Gasteiger partial charge in [-0.1, -0.05) is 19.4 Å². The van der Waals surface area contributed by atoms with Gasteiger partial charge in [-0.25, -0.2) is 8.78 Å². The first-order valence-electron chi connectivity index (χ1n) is 5.71. The highest BCUT2D eigenvalue weighted by Crippen LogP contribution is 2.34. The van der Waals surface area contributed by atoms with E-state index in [2.05, 4.69) is 0 Å². The van der Waals surface area contributed by atoms with Crippen molar-refractivity contribution in [2.45, 2.75) is 32.3 Å². The summed E-state index contributed by atoms with van der Waals surface area (Å²) in [7, 11) is 0. The maximum atomic E-state index is 13.6. The molecule has 2 unspecified atom stereocenters. The Bertz CT molecular complexity index is 444. The van der Waals surface area contributed by atoms with Crippen molar-refractivity contribution in [3.05, 3.63) is 35.4 Å². The topological polar surface area (TPSA) is 57.5 Å². The number of hydrogen-bond donors (Lipinski definition) is 2. The summed E-state index contributed by atoms with van der Waals surface area (Å²) in [6.45, 7) is 3.00. The summed E-state index contributed by atoms with van der Waals surface area (Å²) < 4.78 is 26.4. The molecule has 0 spiro atoms. The molecule has 1 aromatic carbocycles. The summed E-state index contributed by atoms with van der Waals surface area (Å²) in [5, 5.41) is 19.4. The van der Waals surface area contributed by atoms with Crippen LogP contribution >= 0.6 is 0 Å². The largest absolute Gasteiger partial charge is 0.481 e. The third-order valence-corrected chi connectivity index (χ3v) is 3.03. The van der Waals surface area contributed by atoms with Crippen molar-refractivity contribution in [3.8, 4) is 0 Å². The smallest absolute Gasteiger partial charge is 0.309 e. The average molecular weight is 258 g/mol. The minimum Gasteiger partial charge on any atom is -0.481 e. The standard InChI is InChI=1S/C13H16F2O3/c1-3-4-10(12(16)17)13(2,18)9-6-5-8(14)7-11(9)15/h5-7,10,18H,3-4H2,1-2H3,(H,16,17). The highest BCUT2D eigenvalue weighted by Gasteiger charge is 2.40. The molecule has 0 saturated carbocycles. The van der Waals surface area contributed by atoms with E-state index in [1.54, 1.807) is 6.92 Å². The van der Waals surface area contributed by atoms with E-state index in [0.717, 1.165) is 12.1 Å². The minimum atomic E-state index is -1.88. The number of hydrogen-bond acceptors (Lipinski definition) is 2. The summed E-state index contributed by atoms with van der Waals surface area (Å²) in [4.78, 5) is 11.1. The van der Waals surface area contributed by atoms with Crippen molar-refractivity contribution >= 4 is 5.97 Å². The predicted octanol–water partition coefficient (Wildman–Crippen LogP) is 2.67. The fraction of sp³-hybridized carbons (Fsp3) is 0.462. The van der Waals surface area contributed by atoms with Crippen LogP contribution < -0.4 is 0 Å². The molecule has 0 aliphatic carbocycles. The molecule has 0 aliphatic rings. The summed E-state index contributed by atoms with van der Waals surface area (Å²) in [6, 6.07) is 2.71. The van der Waals surface area contributed by atoms with E-state index in [-0.39, 0.29) is 12.0 Å². The molecule has 0 bridgehead atoms. The van der Waals surface area contributed by atoms with Gasteiger partial charge in [0.05, 0.1) is 5.92 Å². The van der Waals surface area contributed by atoms with Gasteiger partial charge in [0.25, 0.3) is 0 Å². The van der Waals surface area contributed by atoms with Crippen molar-refractivity contribution in [2.75, 3.05) is 0 Å². The van der Waals surface area contributed by atoms with Gasteiger partial charge >= 0.3 is 5.97 Å². The van der Waals surface area contributed by atoms with Crippen LogP contribution in [0.4, 0.5) is 8.78 Å². The van der Waals surface area contributed by atoms with E-state index in [9.17, 15) is 18.7 Å². The molecule has 5 heteroatoms. The van der Waals surface area contributed by atoms with Crippen LogP contribution in [-0.2, 0) is 10.4 Å². The van der Waals surface area contributed by atoms with E-state index in [1.165, 1.54) is 6.92 Å². The van der Waals surface area contributed by atoms with Crippen molar-refractivity contribution < 1.29 is 23.8 Å². The van der Waals surface area contributed by atoms with E-state index in [0.29, 0.717) is 12.5 Å². The lowest BCUT2D eigenvalue weighted by molar-refractivity contribution is -0.152. The molecule has 3 nitrogen and oxygen atoms in total. The number of carboxylic acids is 1. The Morgan fingerprint density at radius 1 is 1.44 bits per heavy atom. The third kappa shape index (κ3) is 2.85. The van der Waals surface area contributed by atoms with Gasteiger partial charge in [-0.15, -0.1) is 0 Å². The molecule has 0 amide bonds. The second-order valence-electron chi connectivity index (χ2n) is 4.45. The lowest BCUT2D eigenvalue weighted by atomic mass is 9.80. The highest BCUT2D eigenvalue weighted by atomic mass is 19.1. The predicted molar refractivity (Wildman–Crippen MR) is 62.0 cm³/mol. The summed E-state index contributed by atoms with van der Waals surface area (Å²) in [5.41, 5.74) is -2.08. The first-order chi connectivity index (χ1) is 8.30. The van der Waals surface area contributed by atoms with Gasteiger partial charge in [-0.2, -0.15) is 0 Å². The van der Waals surface area contributed by atoms with E-state index < -0.39 is 29.1 Å². The molecule has 18 heavy (non-hydrogen) atoms. The normalized spacial score (nSPS) is 16.1. The monoisotopic (exact) mass is 258 g/mol. The number of halogens is 2. The SMILES string of the molecule is CCCC(C(=O)O)C(C)(O)c1ccc(F)cc1F. The Kier molecular flexibility index (Phi) is 4.40. The summed E-state index contributed by atoms with van der Waals surface area (Å²) >= 11 is 0. The Balaban J connectivity index is 3.21. The van der Waals surface area contributed by atoms with Crippen LogP contribution in [-0.4, -0.2) is 16.2 Å². The quantitative estimate of drug-likeness (QED) is 0.853. The van der Waals surface area contributed by atoms with Gasteiger partial charge in [-0.05, 0) is 19.4 Å². The maximum absolute atomic E-state index is 13.6. The highest BCUT2D eigenvalue weighted by molar-refractivity contribution is 5.72. The van der Waals surface area contributed by atoms with E-state index in [1.807, 2.05) is 0 Å². The van der Waals surface area contributed by atoms with Crippen LogP contribution in [0.25, 0.3) is 0 Å². The van der Waals surface area contributed by atoms with Crippen molar-refractivity contribution in [2.24, 2.45) is 5.92 Å². The molecule has 0 saturated heterocycles. The number of carboxylic acid groups (broad SMARTS) is 1. The molecule has 1 aromatic rings. The van der Waals surface area contributed by atoms with Gasteiger partial charge in [0.15, 0.2) is 0 Å². The Morgan fingerprint density at radius 2 is 2.06 bits per heavy atom. The lowest BCUT2D eigenvalue weighted by Crippen LogP contribution is -2.38. The van der Waals surface area contributed by atoms with Crippen molar-refractivity contribution in [1.29, 1.82) is 0 Å². The zero-order valence-electron chi connectivity index (χ0n) is 10.3. The van der Waals surface area contributed by atoms with Gasteiger partial charge < -0.3 is 10.2 Å². The lowest BCUT2D eigenvalue weighted by Gasteiger charge is -2.30. The van der Waals surface area contributed by atoms with Crippen LogP contribution in [0.2, 0.25) is 0 Å². The van der Waals surface area contributed by atoms with Crippen LogP contribution in [0, 0.1) is 17.6 Å². The van der Waals surface area contributed by atoms with Gasteiger partial charge in [0.2, 0.25) is 0 Å². The molecule has 0 radical (unpaired) electrons. The number of benzene rings is 1. The van der Waals surface area contributed by atoms with Crippen LogP contribution in [0.5, 0.6) is 0 Å². The summed E-state index contributed by atoms with van der Waals surface area (Å²) in [5.74, 6) is -4.05. The molecule has 100 valence electrons. The fourth-order valence-corrected chi connectivity index (χ4v) is 2.02. The average Bonchev–Trinajstić information content (AvgIpc) is 2.24. The Labute approximate surface area is 104 Å². The van der Waals surface area contributed by atoms with Gasteiger partial charge in [0, 0.05) is 11.6 Å².